The molecule has 0 unspecified atom stereocenters. The first-order valence-electron chi connectivity index (χ1n) is 6.48. The highest BCUT2D eigenvalue weighted by Gasteiger charge is 2.06. The Balaban J connectivity index is 3.64. The topological polar surface area (TPSA) is 24.5 Å². The van der Waals surface area contributed by atoms with Gasteiger partial charge in [-0.25, -0.2) is 0 Å². The number of hydrogen-bond acceptors (Lipinski definition) is 3. The molecule has 0 aromatic carbocycles. The van der Waals surface area contributed by atoms with Crippen molar-refractivity contribution >= 4 is 0 Å². The minimum Gasteiger partial charge on any atom is -0.383 e. The highest BCUT2D eigenvalue weighted by molar-refractivity contribution is 4.62. The monoisotopic (exact) mass is 230 g/mol. The molecule has 0 atom stereocenters. The minimum absolute atomic E-state index is 0.724. The van der Waals surface area contributed by atoms with E-state index in [1.807, 2.05) is 0 Å². The van der Waals surface area contributed by atoms with Gasteiger partial charge >= 0.3 is 0 Å². The SMILES string of the molecule is COCCN(CCNCC(C)C)CC(C)C. The van der Waals surface area contributed by atoms with E-state index in [1.54, 1.807) is 7.11 Å². The maximum absolute atomic E-state index is 5.14. The summed E-state index contributed by atoms with van der Waals surface area (Å²) < 4.78 is 5.14. The zero-order chi connectivity index (χ0) is 12.4. The zero-order valence-electron chi connectivity index (χ0n) is 11.8. The van der Waals surface area contributed by atoms with Gasteiger partial charge in [-0.05, 0) is 18.4 Å². The molecule has 0 fully saturated rings. The van der Waals surface area contributed by atoms with E-state index in [0.29, 0.717) is 0 Å². The number of rotatable bonds is 10. The Morgan fingerprint density at radius 1 is 1.06 bits per heavy atom. The van der Waals surface area contributed by atoms with Crippen molar-refractivity contribution in [3.8, 4) is 0 Å². The van der Waals surface area contributed by atoms with Crippen LogP contribution in [-0.2, 0) is 4.74 Å². The molecular weight excluding hydrogens is 200 g/mol. The molecule has 0 bridgehead atoms. The average molecular weight is 230 g/mol. The average Bonchev–Trinajstić information content (AvgIpc) is 2.19. The Bertz CT molecular complexity index is 149. The van der Waals surface area contributed by atoms with Gasteiger partial charge in [0.2, 0.25) is 0 Å². The van der Waals surface area contributed by atoms with Crippen LogP contribution in [0.1, 0.15) is 27.7 Å². The molecule has 0 heterocycles. The van der Waals surface area contributed by atoms with Crippen LogP contribution >= 0.6 is 0 Å². The number of nitrogens with zero attached hydrogens (tertiary/aromatic N) is 1. The Morgan fingerprint density at radius 3 is 2.25 bits per heavy atom. The predicted octanol–water partition coefficient (Wildman–Crippen LogP) is 1.84. The summed E-state index contributed by atoms with van der Waals surface area (Å²) in [6.07, 6.45) is 0. The normalized spacial score (nSPS) is 12.0. The number of methoxy groups -OCH3 is 1. The zero-order valence-corrected chi connectivity index (χ0v) is 11.8. The lowest BCUT2D eigenvalue weighted by atomic mass is 10.2. The van der Waals surface area contributed by atoms with Gasteiger partial charge in [0, 0.05) is 33.3 Å². The van der Waals surface area contributed by atoms with Crippen molar-refractivity contribution in [2.75, 3.05) is 46.4 Å². The molecule has 0 saturated heterocycles. The summed E-state index contributed by atoms with van der Waals surface area (Å²) in [5, 5.41) is 3.48. The van der Waals surface area contributed by atoms with E-state index in [4.69, 9.17) is 4.74 Å². The lowest BCUT2D eigenvalue weighted by Crippen LogP contribution is -2.37. The first kappa shape index (κ1) is 15.9. The van der Waals surface area contributed by atoms with Crippen molar-refractivity contribution in [3.63, 3.8) is 0 Å². The highest BCUT2D eigenvalue weighted by atomic mass is 16.5. The summed E-state index contributed by atoms with van der Waals surface area (Å²) >= 11 is 0. The molecule has 0 aromatic heterocycles. The van der Waals surface area contributed by atoms with E-state index in [0.717, 1.165) is 51.2 Å². The molecule has 98 valence electrons. The fourth-order valence-corrected chi connectivity index (χ4v) is 1.66. The second-order valence-electron chi connectivity index (χ2n) is 5.29. The minimum atomic E-state index is 0.724. The quantitative estimate of drug-likeness (QED) is 0.580. The van der Waals surface area contributed by atoms with Crippen LogP contribution < -0.4 is 5.32 Å². The van der Waals surface area contributed by atoms with Crippen LogP contribution in [0.25, 0.3) is 0 Å². The van der Waals surface area contributed by atoms with Crippen LogP contribution in [0.5, 0.6) is 0 Å². The van der Waals surface area contributed by atoms with E-state index in [9.17, 15) is 0 Å². The predicted molar refractivity (Wildman–Crippen MR) is 70.9 cm³/mol. The van der Waals surface area contributed by atoms with Gasteiger partial charge < -0.3 is 10.1 Å². The Labute approximate surface area is 102 Å². The molecule has 3 heteroatoms. The van der Waals surface area contributed by atoms with Gasteiger partial charge in [-0.15, -0.1) is 0 Å². The van der Waals surface area contributed by atoms with Gasteiger partial charge in [0.1, 0.15) is 0 Å². The van der Waals surface area contributed by atoms with E-state index < -0.39 is 0 Å². The van der Waals surface area contributed by atoms with Crippen LogP contribution in [-0.4, -0.2) is 51.3 Å². The van der Waals surface area contributed by atoms with Crippen molar-refractivity contribution < 1.29 is 4.74 Å². The van der Waals surface area contributed by atoms with Crippen LogP contribution in [0.2, 0.25) is 0 Å². The van der Waals surface area contributed by atoms with Gasteiger partial charge in [-0.2, -0.15) is 0 Å². The maximum Gasteiger partial charge on any atom is 0.0589 e. The Kier molecular flexibility index (Phi) is 9.99. The van der Waals surface area contributed by atoms with Crippen molar-refractivity contribution in [1.29, 1.82) is 0 Å². The van der Waals surface area contributed by atoms with Gasteiger partial charge in [0.25, 0.3) is 0 Å². The van der Waals surface area contributed by atoms with Crippen molar-refractivity contribution in [2.45, 2.75) is 27.7 Å². The molecule has 0 aliphatic rings. The van der Waals surface area contributed by atoms with E-state index in [1.165, 1.54) is 0 Å². The molecule has 0 aromatic rings. The molecule has 0 rings (SSSR count). The summed E-state index contributed by atoms with van der Waals surface area (Å²) in [5.41, 5.74) is 0. The fraction of sp³-hybridized carbons (Fsp3) is 1.00. The standard InChI is InChI=1S/C13H30N2O/c1-12(2)10-14-6-7-15(8-9-16-5)11-13(3)4/h12-14H,6-11H2,1-5H3. The van der Waals surface area contributed by atoms with Gasteiger partial charge in [0.05, 0.1) is 6.61 Å². The van der Waals surface area contributed by atoms with Gasteiger partial charge in [-0.3, -0.25) is 4.90 Å². The summed E-state index contributed by atoms with van der Waals surface area (Å²) in [7, 11) is 1.77. The van der Waals surface area contributed by atoms with Gasteiger partial charge in [-0.1, -0.05) is 27.7 Å². The molecule has 16 heavy (non-hydrogen) atoms. The molecule has 3 nitrogen and oxygen atoms in total. The third-order valence-corrected chi connectivity index (χ3v) is 2.39. The van der Waals surface area contributed by atoms with Crippen molar-refractivity contribution in [2.24, 2.45) is 11.8 Å². The number of nitrogens with one attached hydrogen (secondary N) is 1. The molecule has 0 radical (unpaired) electrons. The third-order valence-electron chi connectivity index (χ3n) is 2.39. The lowest BCUT2D eigenvalue weighted by molar-refractivity contribution is 0.140. The summed E-state index contributed by atoms with van der Waals surface area (Å²) in [4.78, 5) is 2.47. The molecule has 0 aliphatic heterocycles. The molecule has 1 N–H and O–H groups in total. The van der Waals surface area contributed by atoms with Crippen molar-refractivity contribution in [1.82, 2.24) is 10.2 Å². The smallest absolute Gasteiger partial charge is 0.0589 e. The van der Waals surface area contributed by atoms with E-state index in [-0.39, 0.29) is 0 Å². The van der Waals surface area contributed by atoms with Gasteiger partial charge in [0.15, 0.2) is 0 Å². The number of ether oxygens (including phenoxy) is 1. The summed E-state index contributed by atoms with van der Waals surface area (Å²) in [6, 6.07) is 0. The van der Waals surface area contributed by atoms with Crippen LogP contribution in [0, 0.1) is 11.8 Å². The summed E-state index contributed by atoms with van der Waals surface area (Å²) in [6.45, 7) is 15.3. The molecule has 0 amide bonds. The van der Waals surface area contributed by atoms with Crippen molar-refractivity contribution in [3.05, 3.63) is 0 Å². The highest BCUT2D eigenvalue weighted by Crippen LogP contribution is 1.98. The molecule has 0 saturated carbocycles. The first-order chi connectivity index (χ1) is 7.56. The molecule has 0 spiro atoms. The molecule has 0 aliphatic carbocycles. The second-order valence-corrected chi connectivity index (χ2v) is 5.29. The third kappa shape index (κ3) is 10.4. The first-order valence-corrected chi connectivity index (χ1v) is 6.48. The number of hydrogen-bond donors (Lipinski definition) is 1. The Hall–Kier alpha value is -0.120. The summed E-state index contributed by atoms with van der Waals surface area (Å²) in [5.74, 6) is 1.46. The maximum atomic E-state index is 5.14. The van der Waals surface area contributed by atoms with Crippen LogP contribution in [0.15, 0.2) is 0 Å². The van der Waals surface area contributed by atoms with E-state index in [2.05, 4.69) is 37.9 Å². The van der Waals surface area contributed by atoms with E-state index >= 15 is 0 Å². The fourth-order valence-electron chi connectivity index (χ4n) is 1.66. The van der Waals surface area contributed by atoms with Crippen LogP contribution in [0.3, 0.4) is 0 Å². The largest absolute Gasteiger partial charge is 0.383 e. The lowest BCUT2D eigenvalue weighted by Gasteiger charge is -2.24. The Morgan fingerprint density at radius 2 is 1.75 bits per heavy atom. The second kappa shape index (κ2) is 10.1. The van der Waals surface area contributed by atoms with Crippen LogP contribution in [0.4, 0.5) is 0 Å². The molecular formula is C13H30N2O.